The highest BCUT2D eigenvalue weighted by Gasteiger charge is 2.21. The van der Waals surface area contributed by atoms with Gasteiger partial charge in [0.15, 0.2) is 0 Å². The van der Waals surface area contributed by atoms with E-state index in [9.17, 15) is 4.79 Å². The molecular weight excluding hydrogens is 248 g/mol. The third kappa shape index (κ3) is 2.91. The molecule has 0 saturated heterocycles. The highest BCUT2D eigenvalue weighted by atomic mass is 35.5. The van der Waals surface area contributed by atoms with Crippen LogP contribution in [0, 0.1) is 5.92 Å². The van der Waals surface area contributed by atoms with Crippen LogP contribution in [0.25, 0.3) is 0 Å². The van der Waals surface area contributed by atoms with Crippen molar-refractivity contribution < 1.29 is 4.79 Å². The largest absolute Gasteiger partial charge is 0.272 e. The first-order chi connectivity index (χ1) is 8.72. The number of amides is 1. The summed E-state index contributed by atoms with van der Waals surface area (Å²) in [6.45, 7) is 2.15. The molecule has 1 aromatic rings. The van der Waals surface area contributed by atoms with Crippen molar-refractivity contribution >= 4 is 23.2 Å². The molecule has 4 heteroatoms. The topological polar surface area (TPSA) is 41.5 Å². The Hall–Kier alpha value is -1.35. The predicted molar refractivity (Wildman–Crippen MR) is 74.0 cm³/mol. The summed E-state index contributed by atoms with van der Waals surface area (Å²) in [5, 5.41) is 4.70. The monoisotopic (exact) mass is 264 g/mol. The minimum atomic E-state index is -0.241. The molecule has 1 fully saturated rings. The second-order valence-corrected chi connectivity index (χ2v) is 4.93. The molecule has 0 radical (unpaired) electrons. The number of rotatable bonds is 3. The molecule has 1 aromatic carbocycles. The van der Waals surface area contributed by atoms with Crippen LogP contribution in [0.3, 0.4) is 0 Å². The summed E-state index contributed by atoms with van der Waals surface area (Å²) in [5.74, 6) is 0.284. The Kier molecular flexibility index (Phi) is 4.37. The first-order valence-corrected chi connectivity index (χ1v) is 6.71. The lowest BCUT2D eigenvalue weighted by Crippen LogP contribution is -2.21. The van der Waals surface area contributed by atoms with Gasteiger partial charge >= 0.3 is 0 Å². The molecule has 0 spiro atoms. The Labute approximate surface area is 112 Å². The summed E-state index contributed by atoms with van der Waals surface area (Å²) in [7, 11) is 0. The third-order valence-electron chi connectivity index (χ3n) is 3.37. The molecule has 1 aliphatic carbocycles. The second kappa shape index (κ2) is 6.01. The maximum absolute atomic E-state index is 11.9. The fraction of sp³-hybridized carbons (Fsp3) is 0.429. The molecule has 1 atom stereocenters. The summed E-state index contributed by atoms with van der Waals surface area (Å²) in [6, 6.07) is 6.99. The molecular formula is C14H17ClN2O. The van der Waals surface area contributed by atoms with Gasteiger partial charge in [0.25, 0.3) is 5.91 Å². The minimum absolute atomic E-state index is 0.241. The standard InChI is InChI=1S/C14H17ClN2O/c1-2-10-6-5-9-13(10)16-17-14(18)11-7-3-4-8-12(11)15/h3-4,7-8,10H,2,5-6,9H2,1H3,(H,17,18)/b16-13-/t10-/m0/s1. The Morgan fingerprint density at radius 2 is 2.28 bits per heavy atom. The number of hydrazone groups is 1. The fourth-order valence-corrected chi connectivity index (χ4v) is 2.54. The molecule has 1 N–H and O–H groups in total. The zero-order chi connectivity index (χ0) is 13.0. The zero-order valence-corrected chi connectivity index (χ0v) is 11.2. The molecule has 1 saturated carbocycles. The molecule has 0 unspecified atom stereocenters. The molecule has 0 heterocycles. The molecule has 3 nitrogen and oxygen atoms in total. The Bertz CT molecular complexity index is 471. The van der Waals surface area contributed by atoms with E-state index in [4.69, 9.17) is 11.6 Å². The Morgan fingerprint density at radius 3 is 3.00 bits per heavy atom. The van der Waals surface area contributed by atoms with E-state index in [-0.39, 0.29) is 5.91 Å². The number of nitrogens with zero attached hydrogens (tertiary/aromatic N) is 1. The number of nitrogens with one attached hydrogen (secondary N) is 1. The number of carbonyl (C=O) groups is 1. The molecule has 0 aliphatic heterocycles. The number of benzene rings is 1. The normalized spacial score (nSPS) is 21.2. The Balaban J connectivity index is 2.04. The van der Waals surface area contributed by atoms with E-state index >= 15 is 0 Å². The quantitative estimate of drug-likeness (QED) is 0.832. The lowest BCUT2D eigenvalue weighted by Gasteiger charge is -2.08. The molecule has 96 valence electrons. The van der Waals surface area contributed by atoms with E-state index in [1.165, 1.54) is 12.8 Å². The SMILES string of the molecule is CC[C@H]1CCC/C1=N/NC(=O)c1ccccc1Cl. The molecule has 1 aliphatic rings. The summed E-state index contributed by atoms with van der Waals surface area (Å²) in [4.78, 5) is 11.9. The highest BCUT2D eigenvalue weighted by Crippen LogP contribution is 2.25. The van der Waals surface area contributed by atoms with Gasteiger partial charge in [0.05, 0.1) is 10.6 Å². The van der Waals surface area contributed by atoms with Gasteiger partial charge in [-0.2, -0.15) is 5.10 Å². The first-order valence-electron chi connectivity index (χ1n) is 6.33. The van der Waals surface area contributed by atoms with E-state index < -0.39 is 0 Å². The molecule has 1 amide bonds. The van der Waals surface area contributed by atoms with E-state index in [1.54, 1.807) is 24.3 Å². The number of carbonyl (C=O) groups excluding carboxylic acids is 1. The molecule has 18 heavy (non-hydrogen) atoms. The average Bonchev–Trinajstić information content (AvgIpc) is 2.84. The number of hydrogen-bond acceptors (Lipinski definition) is 2. The second-order valence-electron chi connectivity index (χ2n) is 4.52. The summed E-state index contributed by atoms with van der Waals surface area (Å²) in [6.07, 6.45) is 4.42. The van der Waals surface area contributed by atoms with Crippen molar-refractivity contribution in [1.29, 1.82) is 0 Å². The van der Waals surface area contributed by atoms with Gasteiger partial charge < -0.3 is 0 Å². The van der Waals surface area contributed by atoms with Crippen LogP contribution in [0.1, 0.15) is 43.0 Å². The van der Waals surface area contributed by atoms with Gasteiger partial charge in [0.2, 0.25) is 0 Å². The fourth-order valence-electron chi connectivity index (χ4n) is 2.32. The highest BCUT2D eigenvalue weighted by molar-refractivity contribution is 6.33. The van der Waals surface area contributed by atoms with Gasteiger partial charge in [-0.25, -0.2) is 5.43 Å². The van der Waals surface area contributed by atoms with Crippen LogP contribution < -0.4 is 5.43 Å². The maximum Gasteiger partial charge on any atom is 0.272 e. The number of hydrogen-bond donors (Lipinski definition) is 1. The Morgan fingerprint density at radius 1 is 1.50 bits per heavy atom. The van der Waals surface area contributed by atoms with Crippen LogP contribution >= 0.6 is 11.6 Å². The molecule has 0 aromatic heterocycles. The van der Waals surface area contributed by atoms with Crippen molar-refractivity contribution in [2.24, 2.45) is 11.0 Å². The number of halogens is 1. The predicted octanol–water partition coefficient (Wildman–Crippen LogP) is 3.64. The lowest BCUT2D eigenvalue weighted by molar-refractivity contribution is 0.0954. The van der Waals surface area contributed by atoms with E-state index in [1.807, 2.05) is 0 Å². The van der Waals surface area contributed by atoms with Crippen LogP contribution in [0.15, 0.2) is 29.4 Å². The molecule has 2 rings (SSSR count). The minimum Gasteiger partial charge on any atom is -0.267 e. The van der Waals surface area contributed by atoms with Crippen molar-refractivity contribution in [3.8, 4) is 0 Å². The first kappa shape index (κ1) is 13.1. The van der Waals surface area contributed by atoms with Gasteiger partial charge in [0, 0.05) is 5.71 Å². The zero-order valence-electron chi connectivity index (χ0n) is 10.4. The van der Waals surface area contributed by atoms with Crippen molar-refractivity contribution in [1.82, 2.24) is 5.43 Å². The van der Waals surface area contributed by atoms with Gasteiger partial charge in [0.1, 0.15) is 0 Å². The summed E-state index contributed by atoms with van der Waals surface area (Å²) in [5.41, 5.74) is 4.19. The van der Waals surface area contributed by atoms with Crippen LogP contribution in [0.2, 0.25) is 5.02 Å². The van der Waals surface area contributed by atoms with Crippen LogP contribution in [0.4, 0.5) is 0 Å². The van der Waals surface area contributed by atoms with Crippen LogP contribution in [0.5, 0.6) is 0 Å². The summed E-state index contributed by atoms with van der Waals surface area (Å²) < 4.78 is 0. The van der Waals surface area contributed by atoms with Crippen molar-refractivity contribution in [2.75, 3.05) is 0 Å². The van der Waals surface area contributed by atoms with Crippen molar-refractivity contribution in [2.45, 2.75) is 32.6 Å². The van der Waals surface area contributed by atoms with Gasteiger partial charge in [-0.1, -0.05) is 30.7 Å². The van der Waals surface area contributed by atoms with E-state index in [2.05, 4.69) is 17.5 Å². The van der Waals surface area contributed by atoms with Gasteiger partial charge in [-0.05, 0) is 43.7 Å². The van der Waals surface area contributed by atoms with Crippen molar-refractivity contribution in [3.63, 3.8) is 0 Å². The van der Waals surface area contributed by atoms with Gasteiger partial charge in [-0.15, -0.1) is 0 Å². The summed E-state index contributed by atoms with van der Waals surface area (Å²) >= 11 is 5.96. The lowest BCUT2D eigenvalue weighted by atomic mass is 10.0. The van der Waals surface area contributed by atoms with Crippen LogP contribution in [-0.4, -0.2) is 11.6 Å². The van der Waals surface area contributed by atoms with Crippen LogP contribution in [-0.2, 0) is 0 Å². The maximum atomic E-state index is 11.9. The molecule has 0 bridgehead atoms. The van der Waals surface area contributed by atoms with E-state index in [0.29, 0.717) is 16.5 Å². The smallest absolute Gasteiger partial charge is 0.267 e. The van der Waals surface area contributed by atoms with Gasteiger partial charge in [-0.3, -0.25) is 4.79 Å². The van der Waals surface area contributed by atoms with Crippen molar-refractivity contribution in [3.05, 3.63) is 34.9 Å². The van der Waals surface area contributed by atoms with E-state index in [0.717, 1.165) is 18.6 Å². The average molecular weight is 265 g/mol. The third-order valence-corrected chi connectivity index (χ3v) is 3.70.